The second-order valence-electron chi connectivity index (χ2n) is 6.51. The molecular weight excluding hydrogens is 364 g/mol. The van der Waals surface area contributed by atoms with E-state index in [1.54, 1.807) is 6.92 Å². The maximum atomic E-state index is 14.2. The molecule has 5 nitrogen and oxygen atoms in total. The molecule has 0 spiro atoms. The van der Waals surface area contributed by atoms with Gasteiger partial charge < -0.3 is 0 Å². The Balaban J connectivity index is 1.82. The molecule has 1 fully saturated rings. The van der Waals surface area contributed by atoms with Crippen molar-refractivity contribution in [2.75, 3.05) is 18.9 Å². The van der Waals surface area contributed by atoms with Crippen LogP contribution in [0.2, 0.25) is 0 Å². The fourth-order valence-electron chi connectivity index (χ4n) is 3.14. The maximum absolute atomic E-state index is 14.2. The van der Waals surface area contributed by atoms with Gasteiger partial charge >= 0.3 is 6.18 Å². The van der Waals surface area contributed by atoms with Crippen molar-refractivity contribution >= 4 is 11.9 Å². The fraction of sp³-hybridized carbons (Fsp3) is 0.389. The predicted octanol–water partition coefficient (Wildman–Crippen LogP) is 3.64. The first-order chi connectivity index (χ1) is 12.7. The Bertz CT molecular complexity index is 869. The van der Waals surface area contributed by atoms with Crippen LogP contribution >= 0.6 is 0 Å². The van der Waals surface area contributed by atoms with E-state index in [0.29, 0.717) is 11.8 Å². The number of hydrogen-bond donors (Lipinski definition) is 1. The average Bonchev–Trinajstić information content (AvgIpc) is 3.01. The minimum Gasteiger partial charge on any atom is -0.295 e. The van der Waals surface area contributed by atoms with Crippen molar-refractivity contribution in [2.24, 2.45) is 0 Å². The summed E-state index contributed by atoms with van der Waals surface area (Å²) in [5.41, 5.74) is -0.489. The first kappa shape index (κ1) is 19.2. The number of nitrogens with zero attached hydrogens (tertiary/aromatic N) is 3. The van der Waals surface area contributed by atoms with Gasteiger partial charge in [-0.15, -0.1) is 0 Å². The summed E-state index contributed by atoms with van der Waals surface area (Å²) < 4.78 is 52.2. The third-order valence-corrected chi connectivity index (χ3v) is 4.62. The third kappa shape index (κ3) is 4.08. The van der Waals surface area contributed by atoms with Gasteiger partial charge in [0.1, 0.15) is 5.82 Å². The molecule has 0 aliphatic carbocycles. The summed E-state index contributed by atoms with van der Waals surface area (Å²) in [6.07, 6.45) is -1.65. The second-order valence-corrected chi connectivity index (χ2v) is 6.51. The van der Waals surface area contributed by atoms with Gasteiger partial charge in [-0.25, -0.2) is 14.4 Å². The number of aromatic nitrogens is 2. The van der Waals surface area contributed by atoms with Crippen LogP contribution in [-0.2, 0) is 11.0 Å². The first-order valence-corrected chi connectivity index (χ1v) is 8.38. The van der Waals surface area contributed by atoms with E-state index < -0.39 is 17.6 Å². The summed E-state index contributed by atoms with van der Waals surface area (Å²) in [4.78, 5) is 22.4. The van der Waals surface area contributed by atoms with Crippen molar-refractivity contribution < 1.29 is 22.4 Å². The van der Waals surface area contributed by atoms with E-state index in [-0.39, 0.29) is 29.0 Å². The zero-order valence-corrected chi connectivity index (χ0v) is 14.8. The fourth-order valence-corrected chi connectivity index (χ4v) is 3.14. The first-order valence-electron chi connectivity index (χ1n) is 8.38. The SMILES string of the molecule is Cc1nc(NC(=O)[C@H]2CCCN2C)ncc1-c1ccc(C(F)(F)F)cc1F. The second kappa shape index (κ2) is 7.22. The lowest BCUT2D eigenvalue weighted by atomic mass is 10.0. The van der Waals surface area contributed by atoms with Gasteiger partial charge in [-0.05, 0) is 45.5 Å². The highest BCUT2D eigenvalue weighted by atomic mass is 19.4. The number of anilines is 1. The van der Waals surface area contributed by atoms with Crippen LogP contribution in [0.1, 0.15) is 24.1 Å². The molecule has 1 aliphatic heterocycles. The third-order valence-electron chi connectivity index (χ3n) is 4.62. The number of carbonyl (C=O) groups is 1. The van der Waals surface area contributed by atoms with E-state index in [4.69, 9.17) is 0 Å². The quantitative estimate of drug-likeness (QED) is 0.824. The van der Waals surface area contributed by atoms with E-state index in [1.165, 1.54) is 6.20 Å². The van der Waals surface area contributed by atoms with Crippen molar-refractivity contribution in [2.45, 2.75) is 32.0 Å². The Morgan fingerprint density at radius 1 is 1.30 bits per heavy atom. The molecule has 0 radical (unpaired) electrons. The summed E-state index contributed by atoms with van der Waals surface area (Å²) in [7, 11) is 1.86. The van der Waals surface area contributed by atoms with E-state index in [0.717, 1.165) is 31.5 Å². The van der Waals surface area contributed by atoms with E-state index in [9.17, 15) is 22.4 Å². The van der Waals surface area contributed by atoms with Crippen LogP contribution in [0, 0.1) is 12.7 Å². The summed E-state index contributed by atoms with van der Waals surface area (Å²) >= 11 is 0. The van der Waals surface area contributed by atoms with Gasteiger partial charge in [-0.1, -0.05) is 6.07 Å². The number of rotatable bonds is 3. The van der Waals surface area contributed by atoms with Crippen LogP contribution in [0.4, 0.5) is 23.5 Å². The maximum Gasteiger partial charge on any atom is 0.416 e. The highest BCUT2D eigenvalue weighted by Gasteiger charge is 2.31. The molecule has 2 heterocycles. The molecule has 1 atom stereocenters. The molecule has 1 N–H and O–H groups in total. The van der Waals surface area contributed by atoms with Crippen molar-refractivity contribution in [1.82, 2.24) is 14.9 Å². The molecule has 1 amide bonds. The van der Waals surface area contributed by atoms with Gasteiger partial charge in [-0.2, -0.15) is 13.2 Å². The zero-order chi connectivity index (χ0) is 19.8. The summed E-state index contributed by atoms with van der Waals surface area (Å²) in [5, 5.41) is 2.63. The van der Waals surface area contributed by atoms with E-state index >= 15 is 0 Å². The summed E-state index contributed by atoms with van der Waals surface area (Å²) in [6.45, 7) is 2.41. The topological polar surface area (TPSA) is 58.1 Å². The molecule has 0 bridgehead atoms. The molecule has 3 rings (SSSR count). The Kier molecular flexibility index (Phi) is 5.14. The van der Waals surface area contributed by atoms with Crippen molar-refractivity contribution in [1.29, 1.82) is 0 Å². The molecule has 1 aliphatic rings. The number of likely N-dealkylation sites (tertiary alicyclic amines) is 1. The lowest BCUT2D eigenvalue weighted by Gasteiger charge is -2.18. The van der Waals surface area contributed by atoms with Crippen LogP contribution in [0.3, 0.4) is 0 Å². The van der Waals surface area contributed by atoms with Crippen LogP contribution in [0.15, 0.2) is 24.4 Å². The standard InChI is InChI=1S/C18H18F4N4O/c1-10-13(12-6-5-11(8-14(12)19)18(20,21)22)9-23-17(24-10)25-16(27)15-4-3-7-26(15)2/h5-6,8-9,15H,3-4,7H2,1-2H3,(H,23,24,25,27)/t15-/m1/s1. The number of benzene rings is 1. The van der Waals surface area contributed by atoms with Crippen LogP contribution in [0.25, 0.3) is 11.1 Å². The molecule has 0 unspecified atom stereocenters. The molecule has 1 aromatic heterocycles. The Morgan fingerprint density at radius 2 is 2.04 bits per heavy atom. The number of carbonyl (C=O) groups excluding carboxylic acids is 1. The molecule has 2 aromatic rings. The van der Waals surface area contributed by atoms with Crippen LogP contribution in [-0.4, -0.2) is 40.4 Å². The molecule has 27 heavy (non-hydrogen) atoms. The van der Waals surface area contributed by atoms with E-state index in [1.807, 2.05) is 11.9 Å². The number of nitrogens with one attached hydrogen (secondary N) is 1. The van der Waals surface area contributed by atoms with Gasteiger partial charge in [0.25, 0.3) is 0 Å². The number of alkyl halides is 3. The Hall–Kier alpha value is -2.55. The minimum absolute atomic E-state index is 0.0334. The highest BCUT2D eigenvalue weighted by molar-refractivity contribution is 5.93. The lowest BCUT2D eigenvalue weighted by Crippen LogP contribution is -2.37. The minimum atomic E-state index is -4.62. The Labute approximate surface area is 153 Å². The lowest BCUT2D eigenvalue weighted by molar-refractivity contribution is -0.137. The smallest absolute Gasteiger partial charge is 0.295 e. The zero-order valence-electron chi connectivity index (χ0n) is 14.8. The Morgan fingerprint density at radius 3 is 2.59 bits per heavy atom. The average molecular weight is 382 g/mol. The molecule has 0 saturated carbocycles. The number of halogens is 4. The largest absolute Gasteiger partial charge is 0.416 e. The molecule has 1 aromatic carbocycles. The van der Waals surface area contributed by atoms with Gasteiger partial charge in [0.15, 0.2) is 0 Å². The summed E-state index contributed by atoms with van der Waals surface area (Å²) in [6, 6.07) is 2.06. The number of likely N-dealkylation sites (N-methyl/N-ethyl adjacent to an activating group) is 1. The van der Waals surface area contributed by atoms with Gasteiger partial charge in [-0.3, -0.25) is 15.0 Å². The van der Waals surface area contributed by atoms with Crippen LogP contribution in [0.5, 0.6) is 0 Å². The van der Waals surface area contributed by atoms with Crippen molar-refractivity contribution in [3.8, 4) is 11.1 Å². The molecular formula is C18H18F4N4O. The van der Waals surface area contributed by atoms with Crippen molar-refractivity contribution in [3.05, 3.63) is 41.5 Å². The summed E-state index contributed by atoms with van der Waals surface area (Å²) in [5.74, 6) is -1.15. The monoisotopic (exact) mass is 382 g/mol. The highest BCUT2D eigenvalue weighted by Crippen LogP contribution is 2.33. The molecule has 144 valence electrons. The van der Waals surface area contributed by atoms with Crippen LogP contribution < -0.4 is 5.32 Å². The van der Waals surface area contributed by atoms with Gasteiger partial charge in [0, 0.05) is 17.3 Å². The number of amides is 1. The molecule has 1 saturated heterocycles. The van der Waals surface area contributed by atoms with E-state index in [2.05, 4.69) is 15.3 Å². The van der Waals surface area contributed by atoms with Crippen molar-refractivity contribution in [3.63, 3.8) is 0 Å². The van der Waals surface area contributed by atoms with Gasteiger partial charge in [0.05, 0.1) is 17.3 Å². The van der Waals surface area contributed by atoms with Gasteiger partial charge in [0.2, 0.25) is 11.9 Å². The predicted molar refractivity (Wildman–Crippen MR) is 91.4 cm³/mol. The normalized spacial score (nSPS) is 17.9. The number of aryl methyl sites for hydroxylation is 1. The molecule has 9 heteroatoms. The number of hydrogen-bond acceptors (Lipinski definition) is 4.